The van der Waals surface area contributed by atoms with Gasteiger partial charge in [-0.2, -0.15) is 0 Å². The highest BCUT2D eigenvalue weighted by Crippen LogP contribution is 2.44. The molecular formula is C23H33Cl. The topological polar surface area (TPSA) is 0 Å². The van der Waals surface area contributed by atoms with E-state index in [-0.39, 0.29) is 0 Å². The fourth-order valence-corrected chi connectivity index (χ4v) is 5.05. The van der Waals surface area contributed by atoms with E-state index in [1.807, 2.05) is 0 Å². The van der Waals surface area contributed by atoms with E-state index in [9.17, 15) is 0 Å². The van der Waals surface area contributed by atoms with Crippen molar-refractivity contribution in [3.8, 4) is 0 Å². The molecule has 0 nitrogen and oxygen atoms in total. The minimum Gasteiger partial charge on any atom is -0.0883 e. The summed E-state index contributed by atoms with van der Waals surface area (Å²) in [5, 5.41) is 0.859. The maximum absolute atomic E-state index is 6.02. The Morgan fingerprint density at radius 1 is 0.875 bits per heavy atom. The Morgan fingerprint density at radius 3 is 2.04 bits per heavy atom. The predicted octanol–water partition coefficient (Wildman–Crippen LogP) is 7.78. The van der Waals surface area contributed by atoms with E-state index in [1.165, 1.54) is 69.8 Å². The third kappa shape index (κ3) is 4.88. The number of hydrogen-bond acceptors (Lipinski definition) is 0. The molecule has 0 spiro atoms. The van der Waals surface area contributed by atoms with E-state index < -0.39 is 0 Å². The van der Waals surface area contributed by atoms with Gasteiger partial charge in [-0.15, -0.1) is 0 Å². The standard InChI is InChI=1S/C23H33Cl/c1-2-3-4-5-18-6-8-19(9-7-18)20-10-12-21(13-11-20)22-14-16-23(24)17-15-22/h4-5,14-21H,2-3,6-13H2,1H3/b5-4+/t18-,19-,20?,21?. The summed E-state index contributed by atoms with van der Waals surface area (Å²) < 4.78 is 0. The summed E-state index contributed by atoms with van der Waals surface area (Å²) in [4.78, 5) is 0. The summed E-state index contributed by atoms with van der Waals surface area (Å²) in [6.07, 6.45) is 18.9. The van der Waals surface area contributed by atoms with Crippen LogP contribution in [0, 0.1) is 17.8 Å². The first-order valence-electron chi connectivity index (χ1n) is 10.2. The zero-order valence-corrected chi connectivity index (χ0v) is 16.0. The summed E-state index contributed by atoms with van der Waals surface area (Å²) in [5.74, 6) is 3.64. The number of halogens is 1. The average Bonchev–Trinajstić information content (AvgIpc) is 2.63. The first-order chi connectivity index (χ1) is 11.8. The number of benzene rings is 1. The molecule has 0 radical (unpaired) electrons. The van der Waals surface area contributed by atoms with Crippen LogP contribution in [0.2, 0.25) is 5.02 Å². The van der Waals surface area contributed by atoms with E-state index in [0.29, 0.717) is 0 Å². The van der Waals surface area contributed by atoms with Crippen LogP contribution in [-0.2, 0) is 0 Å². The van der Waals surface area contributed by atoms with Gasteiger partial charge in [0, 0.05) is 5.02 Å². The Balaban J connectivity index is 1.43. The van der Waals surface area contributed by atoms with Gasteiger partial charge in [0.05, 0.1) is 0 Å². The van der Waals surface area contributed by atoms with E-state index >= 15 is 0 Å². The van der Waals surface area contributed by atoms with E-state index in [1.54, 1.807) is 0 Å². The first kappa shape index (κ1) is 18.1. The fraction of sp³-hybridized carbons (Fsp3) is 0.652. The molecule has 1 heteroatoms. The Labute approximate surface area is 153 Å². The molecule has 0 bridgehead atoms. The Kier molecular flexibility index (Phi) is 6.84. The average molecular weight is 345 g/mol. The highest BCUT2D eigenvalue weighted by molar-refractivity contribution is 6.30. The van der Waals surface area contributed by atoms with E-state index in [0.717, 1.165) is 28.7 Å². The molecule has 0 unspecified atom stereocenters. The van der Waals surface area contributed by atoms with Crippen LogP contribution in [0.5, 0.6) is 0 Å². The Morgan fingerprint density at radius 2 is 1.46 bits per heavy atom. The van der Waals surface area contributed by atoms with Crippen molar-refractivity contribution in [2.24, 2.45) is 17.8 Å². The second kappa shape index (κ2) is 9.09. The maximum Gasteiger partial charge on any atom is 0.0406 e. The molecule has 1 aromatic carbocycles. The predicted molar refractivity (Wildman–Crippen MR) is 106 cm³/mol. The van der Waals surface area contributed by atoms with Crippen LogP contribution in [0.1, 0.15) is 82.6 Å². The first-order valence-corrected chi connectivity index (χ1v) is 10.6. The fourth-order valence-electron chi connectivity index (χ4n) is 4.92. The molecular weight excluding hydrogens is 312 g/mol. The summed E-state index contributed by atoms with van der Waals surface area (Å²) in [6, 6.07) is 8.58. The van der Waals surface area contributed by atoms with Gasteiger partial charge in [0.1, 0.15) is 0 Å². The largest absolute Gasteiger partial charge is 0.0883 e. The van der Waals surface area contributed by atoms with Crippen LogP contribution < -0.4 is 0 Å². The van der Waals surface area contributed by atoms with Crippen molar-refractivity contribution in [1.29, 1.82) is 0 Å². The second-order valence-electron chi connectivity index (χ2n) is 8.05. The van der Waals surface area contributed by atoms with Gasteiger partial charge in [-0.25, -0.2) is 0 Å². The normalized spacial score (nSPS) is 31.4. The lowest BCUT2D eigenvalue weighted by Crippen LogP contribution is -2.25. The molecule has 2 aliphatic carbocycles. The third-order valence-corrected chi connectivity index (χ3v) is 6.71. The summed E-state index contributed by atoms with van der Waals surface area (Å²) in [6.45, 7) is 2.27. The molecule has 0 atom stereocenters. The summed E-state index contributed by atoms with van der Waals surface area (Å²) in [5.41, 5.74) is 1.50. The van der Waals surface area contributed by atoms with Crippen LogP contribution in [0.3, 0.4) is 0 Å². The monoisotopic (exact) mass is 344 g/mol. The molecule has 2 fully saturated rings. The molecule has 0 N–H and O–H groups in total. The van der Waals surface area contributed by atoms with Gasteiger partial charge >= 0.3 is 0 Å². The molecule has 132 valence electrons. The Bertz CT molecular complexity index is 499. The number of allylic oxidation sites excluding steroid dienone is 2. The molecule has 0 heterocycles. The molecule has 2 saturated carbocycles. The minimum atomic E-state index is 0.770. The quantitative estimate of drug-likeness (QED) is 0.478. The van der Waals surface area contributed by atoms with Gasteiger partial charge in [-0.1, -0.05) is 49.2 Å². The minimum absolute atomic E-state index is 0.770. The van der Waals surface area contributed by atoms with Crippen LogP contribution in [-0.4, -0.2) is 0 Å². The van der Waals surface area contributed by atoms with Gasteiger partial charge in [0.15, 0.2) is 0 Å². The van der Waals surface area contributed by atoms with Gasteiger partial charge < -0.3 is 0 Å². The lowest BCUT2D eigenvalue weighted by atomic mass is 9.68. The lowest BCUT2D eigenvalue weighted by molar-refractivity contribution is 0.171. The van der Waals surface area contributed by atoms with Crippen molar-refractivity contribution < 1.29 is 0 Å². The zero-order chi connectivity index (χ0) is 16.8. The zero-order valence-electron chi connectivity index (χ0n) is 15.2. The molecule has 3 rings (SSSR count). The summed E-state index contributed by atoms with van der Waals surface area (Å²) >= 11 is 6.02. The molecule has 24 heavy (non-hydrogen) atoms. The Hall–Kier alpha value is -0.750. The van der Waals surface area contributed by atoms with Crippen LogP contribution in [0.15, 0.2) is 36.4 Å². The number of unbranched alkanes of at least 4 members (excludes halogenated alkanes) is 1. The van der Waals surface area contributed by atoms with Crippen LogP contribution in [0.25, 0.3) is 0 Å². The van der Waals surface area contributed by atoms with E-state index in [4.69, 9.17) is 11.6 Å². The highest BCUT2D eigenvalue weighted by atomic mass is 35.5. The second-order valence-corrected chi connectivity index (χ2v) is 8.49. The summed E-state index contributed by atoms with van der Waals surface area (Å²) in [7, 11) is 0. The number of rotatable bonds is 5. The molecule has 2 aliphatic rings. The third-order valence-electron chi connectivity index (χ3n) is 6.46. The van der Waals surface area contributed by atoms with Gasteiger partial charge in [0.25, 0.3) is 0 Å². The molecule has 0 aromatic heterocycles. The van der Waals surface area contributed by atoms with Crippen molar-refractivity contribution in [3.63, 3.8) is 0 Å². The number of hydrogen-bond donors (Lipinski definition) is 0. The van der Waals surface area contributed by atoms with Crippen molar-refractivity contribution in [2.75, 3.05) is 0 Å². The SMILES string of the molecule is CCC/C=C/[C@H]1CC[C@H](C2CCC(c3ccc(Cl)cc3)CC2)CC1. The van der Waals surface area contributed by atoms with E-state index in [2.05, 4.69) is 43.3 Å². The van der Waals surface area contributed by atoms with Crippen LogP contribution in [0.4, 0.5) is 0 Å². The van der Waals surface area contributed by atoms with Gasteiger partial charge in [0.2, 0.25) is 0 Å². The maximum atomic E-state index is 6.02. The highest BCUT2D eigenvalue weighted by Gasteiger charge is 2.30. The van der Waals surface area contributed by atoms with Crippen molar-refractivity contribution in [2.45, 2.75) is 77.0 Å². The molecule has 0 amide bonds. The van der Waals surface area contributed by atoms with Crippen molar-refractivity contribution in [3.05, 3.63) is 47.0 Å². The molecule has 0 aliphatic heterocycles. The van der Waals surface area contributed by atoms with Crippen LogP contribution >= 0.6 is 11.6 Å². The van der Waals surface area contributed by atoms with Crippen molar-refractivity contribution in [1.82, 2.24) is 0 Å². The van der Waals surface area contributed by atoms with Gasteiger partial charge in [-0.3, -0.25) is 0 Å². The molecule has 0 saturated heterocycles. The molecule has 1 aromatic rings. The lowest BCUT2D eigenvalue weighted by Gasteiger charge is -2.37. The van der Waals surface area contributed by atoms with Gasteiger partial charge in [-0.05, 0) is 99.2 Å². The smallest absolute Gasteiger partial charge is 0.0406 e. The van der Waals surface area contributed by atoms with Crippen molar-refractivity contribution >= 4 is 11.6 Å².